The number of anilines is 1. The van der Waals surface area contributed by atoms with Crippen molar-refractivity contribution >= 4 is 11.7 Å². The molecule has 0 radical (unpaired) electrons. The number of nitrogen functional groups attached to an aromatic ring is 1. The number of ether oxygens (including phenoxy) is 2. The molecular weight excluding hydrogens is 237 g/mol. The normalized spacial score (nSPS) is 10.3. The Labute approximate surface area is 106 Å². The van der Waals surface area contributed by atoms with Crippen molar-refractivity contribution in [3.63, 3.8) is 0 Å². The van der Waals surface area contributed by atoms with Crippen LogP contribution in [0.5, 0.6) is 0 Å². The first-order valence-corrected chi connectivity index (χ1v) is 5.95. The summed E-state index contributed by atoms with van der Waals surface area (Å²) >= 11 is 0. The molecular formula is C13H18FNO3. The number of halogens is 1. The standard InChI is InChI=1S/C13H18FNO3/c1-2-3-6-17-7-8-18-13(16)11-9-10(15)4-5-12(11)14/h4-5,9H,2-3,6-8,15H2,1H3. The Morgan fingerprint density at radius 3 is 2.83 bits per heavy atom. The van der Waals surface area contributed by atoms with Crippen LogP contribution in [0.4, 0.5) is 10.1 Å². The lowest BCUT2D eigenvalue weighted by atomic mass is 10.2. The van der Waals surface area contributed by atoms with E-state index in [1.165, 1.54) is 12.1 Å². The second-order valence-corrected chi connectivity index (χ2v) is 3.84. The maximum atomic E-state index is 13.3. The molecule has 18 heavy (non-hydrogen) atoms. The zero-order valence-electron chi connectivity index (χ0n) is 10.4. The summed E-state index contributed by atoms with van der Waals surface area (Å²) in [5.41, 5.74) is 5.65. The van der Waals surface area contributed by atoms with Gasteiger partial charge in [0.05, 0.1) is 12.2 Å². The largest absolute Gasteiger partial charge is 0.460 e. The molecule has 0 spiro atoms. The van der Waals surface area contributed by atoms with Gasteiger partial charge >= 0.3 is 5.97 Å². The van der Waals surface area contributed by atoms with Crippen molar-refractivity contribution < 1.29 is 18.7 Å². The van der Waals surface area contributed by atoms with Crippen LogP contribution in [0, 0.1) is 5.82 Å². The highest BCUT2D eigenvalue weighted by Crippen LogP contribution is 2.13. The first-order valence-electron chi connectivity index (χ1n) is 5.95. The molecule has 2 N–H and O–H groups in total. The third-order valence-electron chi connectivity index (χ3n) is 2.31. The maximum Gasteiger partial charge on any atom is 0.341 e. The van der Waals surface area contributed by atoms with Gasteiger partial charge in [-0.05, 0) is 24.6 Å². The maximum absolute atomic E-state index is 13.3. The van der Waals surface area contributed by atoms with E-state index in [0.29, 0.717) is 18.9 Å². The monoisotopic (exact) mass is 255 g/mol. The molecule has 0 saturated carbocycles. The number of benzene rings is 1. The summed E-state index contributed by atoms with van der Waals surface area (Å²) in [4.78, 5) is 11.5. The van der Waals surface area contributed by atoms with E-state index in [4.69, 9.17) is 15.2 Å². The van der Waals surface area contributed by atoms with Crippen LogP contribution in [0.1, 0.15) is 30.1 Å². The zero-order chi connectivity index (χ0) is 13.4. The summed E-state index contributed by atoms with van der Waals surface area (Å²) in [6.45, 7) is 3.12. The molecule has 0 aliphatic heterocycles. The molecule has 0 bridgehead atoms. The Morgan fingerprint density at radius 1 is 1.33 bits per heavy atom. The van der Waals surface area contributed by atoms with Gasteiger partial charge in [-0.2, -0.15) is 0 Å². The first-order chi connectivity index (χ1) is 8.65. The Morgan fingerprint density at radius 2 is 2.11 bits per heavy atom. The lowest BCUT2D eigenvalue weighted by Gasteiger charge is -2.07. The molecule has 1 aromatic rings. The van der Waals surface area contributed by atoms with Crippen LogP contribution in [-0.2, 0) is 9.47 Å². The lowest BCUT2D eigenvalue weighted by Crippen LogP contribution is -2.13. The third-order valence-corrected chi connectivity index (χ3v) is 2.31. The second-order valence-electron chi connectivity index (χ2n) is 3.84. The molecule has 0 atom stereocenters. The molecule has 0 saturated heterocycles. The van der Waals surface area contributed by atoms with E-state index < -0.39 is 11.8 Å². The summed E-state index contributed by atoms with van der Waals surface area (Å²) < 4.78 is 23.4. The highest BCUT2D eigenvalue weighted by atomic mass is 19.1. The highest BCUT2D eigenvalue weighted by molar-refractivity contribution is 5.90. The molecule has 4 nitrogen and oxygen atoms in total. The number of hydrogen-bond acceptors (Lipinski definition) is 4. The van der Waals surface area contributed by atoms with E-state index in [-0.39, 0.29) is 12.2 Å². The van der Waals surface area contributed by atoms with E-state index in [9.17, 15) is 9.18 Å². The van der Waals surface area contributed by atoms with Gasteiger partial charge in [0.25, 0.3) is 0 Å². The zero-order valence-corrected chi connectivity index (χ0v) is 10.4. The van der Waals surface area contributed by atoms with Crippen molar-refractivity contribution in [2.24, 2.45) is 0 Å². The summed E-state index contributed by atoms with van der Waals surface area (Å²) in [6, 6.07) is 3.79. The Hall–Kier alpha value is -1.62. The molecule has 100 valence electrons. The number of nitrogens with two attached hydrogens (primary N) is 1. The Balaban J connectivity index is 2.34. The van der Waals surface area contributed by atoms with E-state index in [0.717, 1.165) is 18.9 Å². The fraction of sp³-hybridized carbons (Fsp3) is 0.462. The predicted octanol–water partition coefficient (Wildman–Crippen LogP) is 2.38. The minimum Gasteiger partial charge on any atom is -0.460 e. The van der Waals surface area contributed by atoms with Gasteiger partial charge in [0.15, 0.2) is 0 Å². The van der Waals surface area contributed by atoms with Crippen LogP contribution in [0.3, 0.4) is 0 Å². The summed E-state index contributed by atoms with van der Waals surface area (Å²) in [6.07, 6.45) is 2.02. The molecule has 0 unspecified atom stereocenters. The lowest BCUT2D eigenvalue weighted by molar-refractivity contribution is 0.0309. The minimum atomic E-state index is -0.723. The van der Waals surface area contributed by atoms with Crippen LogP contribution < -0.4 is 5.73 Å². The van der Waals surface area contributed by atoms with Gasteiger partial charge in [-0.3, -0.25) is 0 Å². The quantitative estimate of drug-likeness (QED) is 0.461. The highest BCUT2D eigenvalue weighted by Gasteiger charge is 2.13. The smallest absolute Gasteiger partial charge is 0.341 e. The van der Waals surface area contributed by atoms with Gasteiger partial charge in [0, 0.05) is 12.3 Å². The fourth-order valence-electron chi connectivity index (χ4n) is 1.32. The Bertz CT molecular complexity index is 396. The van der Waals surface area contributed by atoms with Crippen LogP contribution in [-0.4, -0.2) is 25.8 Å². The van der Waals surface area contributed by atoms with Crippen molar-refractivity contribution in [1.29, 1.82) is 0 Å². The van der Waals surface area contributed by atoms with Gasteiger partial charge in [-0.15, -0.1) is 0 Å². The summed E-state index contributed by atoms with van der Waals surface area (Å²) in [5.74, 6) is -1.36. The molecule has 0 fully saturated rings. The predicted molar refractivity (Wildman–Crippen MR) is 66.8 cm³/mol. The molecule has 0 aliphatic carbocycles. The SMILES string of the molecule is CCCCOCCOC(=O)c1cc(N)ccc1F. The number of hydrogen-bond donors (Lipinski definition) is 1. The van der Waals surface area contributed by atoms with Crippen LogP contribution in [0.15, 0.2) is 18.2 Å². The first kappa shape index (κ1) is 14.4. The molecule has 0 aliphatic rings. The fourth-order valence-corrected chi connectivity index (χ4v) is 1.32. The van der Waals surface area contributed by atoms with Gasteiger partial charge in [0.1, 0.15) is 12.4 Å². The Kier molecular flexibility index (Phi) is 6.14. The van der Waals surface area contributed by atoms with Crippen molar-refractivity contribution in [3.8, 4) is 0 Å². The topological polar surface area (TPSA) is 61.5 Å². The van der Waals surface area contributed by atoms with Crippen molar-refractivity contribution in [2.75, 3.05) is 25.6 Å². The number of unbranched alkanes of at least 4 members (excludes halogenated alkanes) is 1. The van der Waals surface area contributed by atoms with Crippen molar-refractivity contribution in [3.05, 3.63) is 29.6 Å². The van der Waals surface area contributed by atoms with Crippen LogP contribution in [0.25, 0.3) is 0 Å². The van der Waals surface area contributed by atoms with Crippen molar-refractivity contribution in [1.82, 2.24) is 0 Å². The number of esters is 1. The van der Waals surface area contributed by atoms with E-state index in [1.54, 1.807) is 0 Å². The van der Waals surface area contributed by atoms with Crippen molar-refractivity contribution in [2.45, 2.75) is 19.8 Å². The van der Waals surface area contributed by atoms with E-state index in [1.807, 2.05) is 0 Å². The molecule has 0 heterocycles. The van der Waals surface area contributed by atoms with Crippen LogP contribution >= 0.6 is 0 Å². The van der Waals surface area contributed by atoms with Gasteiger partial charge in [0.2, 0.25) is 0 Å². The molecule has 1 rings (SSSR count). The second kappa shape index (κ2) is 7.66. The van der Waals surface area contributed by atoms with Gasteiger partial charge in [-0.25, -0.2) is 9.18 Å². The molecule has 0 aromatic heterocycles. The third kappa shape index (κ3) is 4.71. The molecule has 1 aromatic carbocycles. The van der Waals surface area contributed by atoms with E-state index >= 15 is 0 Å². The average molecular weight is 255 g/mol. The van der Waals surface area contributed by atoms with Gasteiger partial charge < -0.3 is 15.2 Å². The summed E-state index contributed by atoms with van der Waals surface area (Å²) in [7, 11) is 0. The molecule has 0 amide bonds. The number of rotatable bonds is 7. The van der Waals surface area contributed by atoms with E-state index in [2.05, 4.69) is 6.92 Å². The number of carbonyl (C=O) groups is 1. The van der Waals surface area contributed by atoms with Crippen LogP contribution in [0.2, 0.25) is 0 Å². The summed E-state index contributed by atoms with van der Waals surface area (Å²) in [5, 5.41) is 0. The van der Waals surface area contributed by atoms with Gasteiger partial charge in [-0.1, -0.05) is 13.3 Å². The average Bonchev–Trinajstić information content (AvgIpc) is 2.36. The molecule has 5 heteroatoms. The number of carbonyl (C=O) groups excluding carboxylic acids is 1. The minimum absolute atomic E-state index is 0.108.